The largest absolute Gasteiger partial charge is 0.481 e. The smallest absolute Gasteiger partial charge is 0.327 e. The van der Waals surface area contributed by atoms with E-state index in [-0.39, 0.29) is 12.5 Å². The molecule has 0 spiro atoms. The summed E-state index contributed by atoms with van der Waals surface area (Å²) in [6.45, 7) is 4.36. The second-order valence-electron chi connectivity index (χ2n) is 9.64. The van der Waals surface area contributed by atoms with Crippen LogP contribution in [0, 0.1) is 17.8 Å². The van der Waals surface area contributed by atoms with E-state index in [1.807, 2.05) is 0 Å². The van der Waals surface area contributed by atoms with E-state index in [1.165, 1.54) is 4.90 Å². The van der Waals surface area contributed by atoms with E-state index in [0.717, 1.165) is 49.8 Å². The van der Waals surface area contributed by atoms with Crippen LogP contribution in [0.1, 0.15) is 65.2 Å². The number of carbonyl (C=O) groups excluding carboxylic acids is 3. The summed E-state index contributed by atoms with van der Waals surface area (Å²) in [4.78, 5) is 55.4. The van der Waals surface area contributed by atoms with Gasteiger partial charge in [-0.1, -0.05) is 25.7 Å². The van der Waals surface area contributed by atoms with Gasteiger partial charge in [0.2, 0.25) is 5.91 Å². The van der Waals surface area contributed by atoms with Crippen LogP contribution in [0.25, 0.3) is 0 Å². The number of amides is 4. The van der Waals surface area contributed by atoms with Crippen molar-refractivity contribution in [1.82, 2.24) is 14.7 Å². The number of carboxylic acid groups (broad SMARTS) is 1. The summed E-state index contributed by atoms with van der Waals surface area (Å²) in [5.74, 6) is -3.12. The highest BCUT2D eigenvalue weighted by Gasteiger charge is 2.51. The fourth-order valence-corrected chi connectivity index (χ4v) is 5.11. The molecule has 1 aliphatic carbocycles. The van der Waals surface area contributed by atoms with Gasteiger partial charge >= 0.3 is 12.0 Å². The Morgan fingerprint density at radius 1 is 1.03 bits per heavy atom. The minimum absolute atomic E-state index is 0.124. The number of likely N-dealkylation sites (tertiary alicyclic amines) is 1. The van der Waals surface area contributed by atoms with Gasteiger partial charge in [0, 0.05) is 26.7 Å². The molecule has 30 heavy (non-hydrogen) atoms. The molecule has 8 heteroatoms. The number of imide groups is 1. The van der Waals surface area contributed by atoms with E-state index in [4.69, 9.17) is 0 Å². The zero-order valence-electron chi connectivity index (χ0n) is 18.4. The molecule has 1 N–H and O–H groups in total. The SMILES string of the molecule is CN1C(=O)N(CC(C(=O)O)C(CC2CCCC2)C(=O)N2CCCCC2)C(=O)C1(C)C. The standard InChI is InChI=1S/C22H35N3O5/c1-22(2)20(29)25(21(30)23(22)3)14-17(19(27)28)16(13-15-9-5-6-10-15)18(26)24-11-7-4-8-12-24/h15-17H,4-14H2,1-3H3,(H,27,28). The highest BCUT2D eigenvalue weighted by molar-refractivity contribution is 6.06. The maximum Gasteiger partial charge on any atom is 0.327 e. The molecule has 3 fully saturated rings. The Balaban J connectivity index is 1.85. The number of urea groups is 1. The first-order valence-electron chi connectivity index (χ1n) is 11.3. The molecule has 3 rings (SSSR count). The third kappa shape index (κ3) is 4.32. The predicted molar refractivity (Wildman–Crippen MR) is 111 cm³/mol. The highest BCUT2D eigenvalue weighted by Crippen LogP contribution is 2.36. The normalized spacial score (nSPS) is 24.4. The van der Waals surface area contributed by atoms with Crippen LogP contribution in [0.5, 0.6) is 0 Å². The molecule has 2 aliphatic heterocycles. The fraction of sp³-hybridized carbons (Fsp3) is 0.818. The van der Waals surface area contributed by atoms with Crippen molar-refractivity contribution >= 4 is 23.8 Å². The Morgan fingerprint density at radius 2 is 1.63 bits per heavy atom. The van der Waals surface area contributed by atoms with Gasteiger partial charge in [0.05, 0.1) is 11.8 Å². The number of hydrogen-bond donors (Lipinski definition) is 1. The van der Waals surface area contributed by atoms with Crippen LogP contribution >= 0.6 is 0 Å². The summed E-state index contributed by atoms with van der Waals surface area (Å²) < 4.78 is 0. The molecule has 1 saturated carbocycles. The Hall–Kier alpha value is -2.12. The van der Waals surface area contributed by atoms with Crippen LogP contribution in [0.3, 0.4) is 0 Å². The van der Waals surface area contributed by atoms with Crippen molar-refractivity contribution in [3.8, 4) is 0 Å². The number of nitrogens with zero attached hydrogens (tertiary/aromatic N) is 3. The van der Waals surface area contributed by atoms with Crippen LogP contribution in [0.4, 0.5) is 4.79 Å². The minimum Gasteiger partial charge on any atom is -0.481 e. The molecule has 2 unspecified atom stereocenters. The van der Waals surface area contributed by atoms with Crippen LogP contribution in [0.15, 0.2) is 0 Å². The van der Waals surface area contributed by atoms with Crippen LogP contribution in [-0.2, 0) is 14.4 Å². The lowest BCUT2D eigenvalue weighted by atomic mass is 9.81. The molecule has 2 atom stereocenters. The van der Waals surface area contributed by atoms with Gasteiger partial charge in [0.15, 0.2) is 0 Å². The maximum absolute atomic E-state index is 13.4. The number of carboxylic acids is 1. The molecule has 0 aromatic carbocycles. The molecule has 4 amide bonds. The number of hydrogen-bond acceptors (Lipinski definition) is 4. The van der Waals surface area contributed by atoms with Gasteiger partial charge in [-0.2, -0.15) is 0 Å². The van der Waals surface area contributed by atoms with E-state index in [1.54, 1.807) is 25.8 Å². The zero-order valence-corrected chi connectivity index (χ0v) is 18.4. The Morgan fingerprint density at radius 3 is 2.13 bits per heavy atom. The molecular formula is C22H35N3O5. The number of likely N-dealkylation sites (N-methyl/N-ethyl adjacent to an activating group) is 1. The number of piperidine rings is 1. The molecule has 8 nitrogen and oxygen atoms in total. The number of carbonyl (C=O) groups is 4. The molecule has 0 aromatic heterocycles. The Bertz CT molecular complexity index is 695. The minimum atomic E-state index is -1.11. The zero-order chi connectivity index (χ0) is 22.1. The molecule has 0 bridgehead atoms. The van der Waals surface area contributed by atoms with E-state index in [2.05, 4.69) is 0 Å². The summed E-state index contributed by atoms with van der Waals surface area (Å²) in [6, 6.07) is -0.499. The van der Waals surface area contributed by atoms with Gasteiger partial charge in [-0.15, -0.1) is 0 Å². The van der Waals surface area contributed by atoms with E-state index in [0.29, 0.717) is 25.4 Å². The predicted octanol–water partition coefficient (Wildman–Crippen LogP) is 2.57. The molecule has 3 aliphatic rings. The monoisotopic (exact) mass is 421 g/mol. The van der Waals surface area contributed by atoms with Crippen molar-refractivity contribution in [1.29, 1.82) is 0 Å². The van der Waals surface area contributed by atoms with Gasteiger partial charge in [-0.05, 0) is 45.4 Å². The van der Waals surface area contributed by atoms with Gasteiger partial charge in [-0.3, -0.25) is 19.3 Å². The van der Waals surface area contributed by atoms with Gasteiger partial charge < -0.3 is 14.9 Å². The second-order valence-corrected chi connectivity index (χ2v) is 9.64. The molecule has 2 saturated heterocycles. The van der Waals surface area contributed by atoms with Crippen LogP contribution < -0.4 is 0 Å². The summed E-state index contributed by atoms with van der Waals surface area (Å²) in [5, 5.41) is 10.1. The van der Waals surface area contributed by atoms with E-state index < -0.39 is 35.3 Å². The first-order chi connectivity index (χ1) is 14.1. The average molecular weight is 422 g/mol. The highest BCUT2D eigenvalue weighted by atomic mass is 16.4. The van der Waals surface area contributed by atoms with Crippen molar-refractivity contribution in [3.63, 3.8) is 0 Å². The fourth-order valence-electron chi connectivity index (χ4n) is 5.11. The van der Waals surface area contributed by atoms with Crippen LogP contribution in [0.2, 0.25) is 0 Å². The van der Waals surface area contributed by atoms with Gasteiger partial charge in [-0.25, -0.2) is 4.79 Å². The molecular weight excluding hydrogens is 386 g/mol. The number of rotatable bonds is 7. The van der Waals surface area contributed by atoms with E-state index in [9.17, 15) is 24.3 Å². The van der Waals surface area contributed by atoms with Gasteiger partial charge in [0.25, 0.3) is 5.91 Å². The van der Waals surface area contributed by atoms with Gasteiger partial charge in [0.1, 0.15) is 5.54 Å². The topological polar surface area (TPSA) is 98.2 Å². The summed E-state index contributed by atoms with van der Waals surface area (Å²) in [5.41, 5.74) is -1.02. The summed E-state index contributed by atoms with van der Waals surface area (Å²) in [7, 11) is 1.55. The number of aliphatic carboxylic acids is 1. The van der Waals surface area contributed by atoms with Crippen molar-refractivity contribution in [2.75, 3.05) is 26.7 Å². The maximum atomic E-state index is 13.4. The lowest BCUT2D eigenvalue weighted by Crippen LogP contribution is -2.48. The quantitative estimate of drug-likeness (QED) is 0.637. The van der Waals surface area contributed by atoms with Crippen LogP contribution in [-0.4, -0.2) is 75.8 Å². The van der Waals surface area contributed by atoms with Crippen molar-refractivity contribution in [2.24, 2.45) is 17.8 Å². The third-order valence-corrected chi connectivity index (χ3v) is 7.35. The summed E-state index contributed by atoms with van der Waals surface area (Å²) in [6.07, 6.45) is 7.69. The molecule has 0 aromatic rings. The Labute approximate surface area is 178 Å². The first-order valence-corrected chi connectivity index (χ1v) is 11.3. The van der Waals surface area contributed by atoms with Crippen molar-refractivity contribution in [2.45, 2.75) is 70.8 Å². The first kappa shape index (κ1) is 22.6. The third-order valence-electron chi connectivity index (χ3n) is 7.35. The molecule has 2 heterocycles. The second kappa shape index (κ2) is 8.94. The lowest BCUT2D eigenvalue weighted by Gasteiger charge is -2.34. The van der Waals surface area contributed by atoms with Crippen molar-refractivity contribution < 1.29 is 24.3 Å². The Kier molecular flexibility index (Phi) is 6.72. The van der Waals surface area contributed by atoms with E-state index >= 15 is 0 Å². The molecule has 168 valence electrons. The lowest BCUT2D eigenvalue weighted by molar-refractivity contribution is -0.153. The molecule has 0 radical (unpaired) electrons. The summed E-state index contributed by atoms with van der Waals surface area (Å²) >= 11 is 0. The average Bonchev–Trinajstić information content (AvgIpc) is 3.28. The van der Waals surface area contributed by atoms with Crippen molar-refractivity contribution in [3.05, 3.63) is 0 Å².